The molecule has 3 aromatic rings. The molecule has 3 aliphatic rings. The highest BCUT2D eigenvalue weighted by molar-refractivity contribution is 5.92. The number of hydrogen-bond donors (Lipinski definition) is 1. The molecular formula is C26H26F4N4O. The Balaban J connectivity index is 1.40. The first-order valence-corrected chi connectivity index (χ1v) is 11.7. The largest absolute Gasteiger partial charge is 0.417 e. The summed E-state index contributed by atoms with van der Waals surface area (Å²) in [5.41, 5.74) is 4.60. The van der Waals surface area contributed by atoms with Gasteiger partial charge in [0.05, 0.1) is 5.56 Å². The second-order valence-corrected chi connectivity index (χ2v) is 9.94. The number of hydrogen-bond acceptors (Lipinski definition) is 3. The van der Waals surface area contributed by atoms with E-state index in [4.69, 9.17) is 5.73 Å². The van der Waals surface area contributed by atoms with Gasteiger partial charge in [-0.15, -0.1) is 10.2 Å². The first-order chi connectivity index (χ1) is 16.6. The third-order valence-corrected chi connectivity index (χ3v) is 8.15. The van der Waals surface area contributed by atoms with Gasteiger partial charge in [0.1, 0.15) is 12.0 Å². The Bertz CT molecular complexity index is 1240. The molecule has 184 valence electrons. The van der Waals surface area contributed by atoms with Gasteiger partial charge in [-0.1, -0.05) is 30.3 Å². The van der Waals surface area contributed by atoms with Gasteiger partial charge >= 0.3 is 6.18 Å². The molecule has 1 heterocycles. The van der Waals surface area contributed by atoms with Crippen molar-refractivity contribution in [3.05, 3.63) is 71.0 Å². The van der Waals surface area contributed by atoms with Crippen molar-refractivity contribution in [2.75, 3.05) is 0 Å². The van der Waals surface area contributed by atoms with Crippen molar-refractivity contribution in [2.24, 2.45) is 18.2 Å². The summed E-state index contributed by atoms with van der Waals surface area (Å²) < 4.78 is 58.2. The molecule has 5 nitrogen and oxygen atoms in total. The summed E-state index contributed by atoms with van der Waals surface area (Å²) >= 11 is 0. The van der Waals surface area contributed by atoms with E-state index in [1.54, 1.807) is 41.9 Å². The van der Waals surface area contributed by atoms with Crippen LogP contribution in [0.4, 0.5) is 17.6 Å². The van der Waals surface area contributed by atoms with Crippen LogP contribution in [0.2, 0.25) is 0 Å². The van der Waals surface area contributed by atoms with Crippen LogP contribution in [0.15, 0.2) is 48.5 Å². The van der Waals surface area contributed by atoms with Crippen molar-refractivity contribution < 1.29 is 22.4 Å². The number of carbonyl (C=O) groups is 1. The molecule has 1 atom stereocenters. The van der Waals surface area contributed by atoms with Crippen molar-refractivity contribution in [1.29, 1.82) is 0 Å². The average Bonchev–Trinajstić information content (AvgIpc) is 3.26. The molecule has 2 N–H and O–H groups in total. The van der Waals surface area contributed by atoms with Crippen LogP contribution in [0, 0.1) is 5.41 Å². The molecule has 3 fully saturated rings. The predicted octanol–water partition coefficient (Wildman–Crippen LogP) is 5.90. The number of amides is 1. The molecule has 0 radical (unpaired) electrons. The number of carbonyl (C=O) groups excluding carboxylic acids is 1. The Morgan fingerprint density at radius 1 is 0.971 bits per heavy atom. The average molecular weight is 487 g/mol. The molecule has 0 aliphatic heterocycles. The number of fused-ring (bicyclic) bond motifs is 3. The van der Waals surface area contributed by atoms with Gasteiger partial charge in [-0.3, -0.25) is 4.79 Å². The molecule has 1 aromatic heterocycles. The minimum absolute atomic E-state index is 0.00171. The van der Waals surface area contributed by atoms with Crippen molar-refractivity contribution in [3.63, 3.8) is 0 Å². The standard InChI is InChI=1S/C26H26F4N4O/c1-34-22(18-4-2-3-5-19(18)26(28,29)30)32-33-23(34)25-13-10-24(11-14-25,12-15-25)20(27)16-6-8-17(9-7-16)21(31)35/h2-9,20H,10-15H2,1H3,(H2,31,35). The van der Waals surface area contributed by atoms with E-state index in [-0.39, 0.29) is 16.8 Å². The molecule has 2 bridgehead atoms. The van der Waals surface area contributed by atoms with Crippen LogP contribution in [-0.4, -0.2) is 20.7 Å². The molecule has 1 unspecified atom stereocenters. The summed E-state index contributed by atoms with van der Waals surface area (Å²) in [6.07, 6.45) is -1.65. The van der Waals surface area contributed by atoms with E-state index in [0.717, 1.165) is 6.07 Å². The van der Waals surface area contributed by atoms with Crippen LogP contribution in [-0.2, 0) is 18.6 Å². The van der Waals surface area contributed by atoms with E-state index < -0.39 is 29.2 Å². The molecule has 9 heteroatoms. The first-order valence-electron chi connectivity index (χ1n) is 11.7. The lowest BCUT2D eigenvalue weighted by molar-refractivity contribution is -0.137. The van der Waals surface area contributed by atoms with Crippen molar-refractivity contribution in [2.45, 2.75) is 56.3 Å². The number of rotatable bonds is 5. The summed E-state index contributed by atoms with van der Waals surface area (Å²) in [6, 6.07) is 11.7. The summed E-state index contributed by atoms with van der Waals surface area (Å²) in [5.74, 6) is 0.299. The SMILES string of the molecule is Cn1c(-c2ccccc2C(F)(F)F)nnc1C12CCC(C(F)c3ccc(C(N)=O)cc3)(CC1)CC2. The van der Waals surface area contributed by atoms with Crippen molar-refractivity contribution in [1.82, 2.24) is 14.8 Å². The summed E-state index contributed by atoms with van der Waals surface area (Å²) in [6.45, 7) is 0. The molecule has 0 saturated heterocycles. The quantitative estimate of drug-likeness (QED) is 0.456. The molecule has 6 rings (SSSR count). The fraction of sp³-hybridized carbons (Fsp3) is 0.423. The highest BCUT2D eigenvalue weighted by Crippen LogP contribution is 2.62. The lowest BCUT2D eigenvalue weighted by atomic mass is 9.51. The zero-order valence-corrected chi connectivity index (χ0v) is 19.3. The Hall–Kier alpha value is -3.23. The molecule has 35 heavy (non-hydrogen) atoms. The van der Waals surface area contributed by atoms with Gasteiger partial charge in [-0.25, -0.2) is 4.39 Å². The van der Waals surface area contributed by atoms with Crippen LogP contribution >= 0.6 is 0 Å². The first kappa shape index (κ1) is 23.5. The Morgan fingerprint density at radius 3 is 2.14 bits per heavy atom. The Labute approximate surface area is 200 Å². The zero-order valence-electron chi connectivity index (χ0n) is 19.3. The second-order valence-electron chi connectivity index (χ2n) is 9.94. The van der Waals surface area contributed by atoms with Crippen LogP contribution < -0.4 is 5.73 Å². The number of nitrogens with two attached hydrogens (primary N) is 1. The number of nitrogens with zero attached hydrogens (tertiary/aromatic N) is 3. The maximum absolute atomic E-state index is 15.8. The van der Waals surface area contributed by atoms with E-state index >= 15 is 4.39 Å². The van der Waals surface area contributed by atoms with Gasteiger partial charge in [0, 0.05) is 29.0 Å². The van der Waals surface area contributed by atoms with Gasteiger partial charge in [-0.05, 0) is 62.3 Å². The van der Waals surface area contributed by atoms with Gasteiger partial charge in [0.25, 0.3) is 0 Å². The van der Waals surface area contributed by atoms with Crippen LogP contribution in [0.25, 0.3) is 11.4 Å². The van der Waals surface area contributed by atoms with E-state index in [9.17, 15) is 18.0 Å². The normalized spacial score (nSPS) is 24.9. The molecule has 3 saturated carbocycles. The summed E-state index contributed by atoms with van der Waals surface area (Å²) in [5, 5.41) is 8.54. The maximum atomic E-state index is 15.8. The molecule has 3 aliphatic carbocycles. The summed E-state index contributed by atoms with van der Waals surface area (Å²) in [4.78, 5) is 11.3. The van der Waals surface area contributed by atoms with Crippen molar-refractivity contribution >= 4 is 5.91 Å². The fourth-order valence-electron chi connectivity index (χ4n) is 6.05. The smallest absolute Gasteiger partial charge is 0.366 e. The van der Waals surface area contributed by atoms with E-state index in [1.807, 2.05) is 0 Å². The third-order valence-electron chi connectivity index (χ3n) is 8.15. The second kappa shape index (κ2) is 8.17. The minimum atomic E-state index is -4.50. The number of benzene rings is 2. The van der Waals surface area contributed by atoms with Gasteiger partial charge < -0.3 is 10.3 Å². The zero-order chi connectivity index (χ0) is 25.0. The molecule has 0 spiro atoms. The van der Waals surface area contributed by atoms with E-state index in [2.05, 4.69) is 10.2 Å². The number of alkyl halides is 4. The topological polar surface area (TPSA) is 73.8 Å². The monoisotopic (exact) mass is 486 g/mol. The Morgan fingerprint density at radius 2 is 1.57 bits per heavy atom. The fourth-order valence-corrected chi connectivity index (χ4v) is 6.05. The third kappa shape index (κ3) is 3.81. The van der Waals surface area contributed by atoms with Crippen LogP contribution in [0.3, 0.4) is 0 Å². The van der Waals surface area contributed by atoms with Gasteiger partial charge in [-0.2, -0.15) is 13.2 Å². The van der Waals surface area contributed by atoms with Crippen LogP contribution in [0.1, 0.15) is 72.0 Å². The highest BCUT2D eigenvalue weighted by Gasteiger charge is 2.55. The number of aromatic nitrogens is 3. The summed E-state index contributed by atoms with van der Waals surface area (Å²) in [7, 11) is 1.71. The van der Waals surface area contributed by atoms with Gasteiger partial charge in [0.15, 0.2) is 5.82 Å². The van der Waals surface area contributed by atoms with Crippen molar-refractivity contribution in [3.8, 4) is 11.4 Å². The van der Waals surface area contributed by atoms with Crippen LogP contribution in [0.5, 0.6) is 0 Å². The van der Waals surface area contributed by atoms with E-state index in [0.29, 0.717) is 55.5 Å². The molecule has 2 aromatic carbocycles. The predicted molar refractivity (Wildman–Crippen MR) is 122 cm³/mol. The Kier molecular flexibility index (Phi) is 5.49. The highest BCUT2D eigenvalue weighted by atomic mass is 19.4. The van der Waals surface area contributed by atoms with E-state index in [1.165, 1.54) is 12.1 Å². The lowest BCUT2D eigenvalue weighted by Crippen LogP contribution is -2.47. The number of primary amides is 1. The van der Waals surface area contributed by atoms with Gasteiger partial charge in [0.2, 0.25) is 5.91 Å². The molecular weight excluding hydrogens is 460 g/mol. The lowest BCUT2D eigenvalue weighted by Gasteiger charge is -2.54. The number of halogens is 4. The minimum Gasteiger partial charge on any atom is -0.366 e. The maximum Gasteiger partial charge on any atom is 0.417 e. The molecule has 1 amide bonds.